The second-order valence-corrected chi connectivity index (χ2v) is 8.37. The van der Waals surface area contributed by atoms with Crippen LogP contribution in [0.5, 0.6) is 0 Å². The highest BCUT2D eigenvalue weighted by Gasteiger charge is 2.27. The summed E-state index contributed by atoms with van der Waals surface area (Å²) in [5.74, 6) is 2.63. The predicted octanol–water partition coefficient (Wildman–Crippen LogP) is 2.65. The van der Waals surface area contributed by atoms with E-state index in [0.717, 1.165) is 81.5 Å². The molecule has 1 amide bonds. The van der Waals surface area contributed by atoms with Crippen molar-refractivity contribution in [2.45, 2.75) is 64.8 Å². The van der Waals surface area contributed by atoms with E-state index in [2.05, 4.69) is 15.2 Å². The van der Waals surface area contributed by atoms with Gasteiger partial charge in [0.1, 0.15) is 0 Å². The quantitative estimate of drug-likeness (QED) is 0.709. The van der Waals surface area contributed by atoms with Gasteiger partial charge in [-0.15, -0.1) is 0 Å². The highest BCUT2D eigenvalue weighted by molar-refractivity contribution is 5.76. The van der Waals surface area contributed by atoms with Crippen LogP contribution in [-0.4, -0.2) is 57.0 Å². The average Bonchev–Trinajstić information content (AvgIpc) is 3.45. The maximum absolute atomic E-state index is 12.6. The zero-order chi connectivity index (χ0) is 20.2. The van der Waals surface area contributed by atoms with Crippen molar-refractivity contribution in [2.24, 2.45) is 5.92 Å². The van der Waals surface area contributed by atoms with Crippen LogP contribution in [0.15, 0.2) is 10.6 Å². The topological polar surface area (TPSA) is 86.3 Å². The Morgan fingerprint density at radius 1 is 1.24 bits per heavy atom. The molecule has 0 bridgehead atoms. The Labute approximate surface area is 171 Å². The van der Waals surface area contributed by atoms with Crippen LogP contribution in [0.3, 0.4) is 0 Å². The minimum Gasteiger partial charge on any atom is -0.381 e. The molecule has 8 heteroatoms. The molecule has 1 atom stereocenters. The van der Waals surface area contributed by atoms with E-state index in [0.29, 0.717) is 24.8 Å². The molecular weight excluding hydrogens is 370 g/mol. The van der Waals surface area contributed by atoms with Crippen molar-refractivity contribution in [2.75, 3.05) is 26.3 Å². The number of rotatable bonds is 7. The molecule has 1 unspecified atom stereocenters. The molecule has 4 heterocycles. The summed E-state index contributed by atoms with van der Waals surface area (Å²) in [6, 6.07) is 2.04. The van der Waals surface area contributed by atoms with E-state index in [-0.39, 0.29) is 5.91 Å². The molecule has 4 rings (SSSR count). The maximum atomic E-state index is 12.6. The van der Waals surface area contributed by atoms with Gasteiger partial charge in [0.2, 0.25) is 11.8 Å². The highest BCUT2D eigenvalue weighted by Crippen LogP contribution is 2.26. The van der Waals surface area contributed by atoms with E-state index in [1.54, 1.807) is 0 Å². The van der Waals surface area contributed by atoms with Crippen LogP contribution in [0.25, 0.3) is 0 Å². The fraction of sp³-hybridized carbons (Fsp3) is 0.714. The van der Waals surface area contributed by atoms with E-state index in [9.17, 15) is 4.79 Å². The largest absolute Gasteiger partial charge is 0.381 e. The maximum Gasteiger partial charge on any atom is 0.229 e. The molecule has 2 aromatic heterocycles. The van der Waals surface area contributed by atoms with Gasteiger partial charge in [0.25, 0.3) is 0 Å². The number of nitrogens with zero attached hydrogens (tertiary/aromatic N) is 5. The first-order valence-corrected chi connectivity index (χ1v) is 10.8. The van der Waals surface area contributed by atoms with E-state index in [1.807, 2.05) is 29.5 Å². The summed E-state index contributed by atoms with van der Waals surface area (Å²) >= 11 is 0. The van der Waals surface area contributed by atoms with Crippen molar-refractivity contribution in [3.8, 4) is 0 Å². The van der Waals surface area contributed by atoms with E-state index >= 15 is 0 Å². The zero-order valence-corrected chi connectivity index (χ0v) is 17.5. The Bertz CT molecular complexity index is 824. The SMILES string of the molecule is Cc1cc(C)n(CCC(=O)N2CCC(CCc3noc(C4CCOCC4)n3)C2)n1. The molecule has 2 aliphatic rings. The molecule has 0 saturated carbocycles. The van der Waals surface area contributed by atoms with E-state index < -0.39 is 0 Å². The normalized spacial score (nSPS) is 20.5. The molecule has 29 heavy (non-hydrogen) atoms. The van der Waals surface area contributed by atoms with Crippen molar-refractivity contribution in [1.29, 1.82) is 0 Å². The number of carbonyl (C=O) groups is 1. The Morgan fingerprint density at radius 3 is 2.83 bits per heavy atom. The number of aromatic nitrogens is 4. The fourth-order valence-electron chi connectivity index (χ4n) is 4.37. The molecule has 0 N–H and O–H groups in total. The molecular formula is C21H31N5O3. The third kappa shape index (κ3) is 5.04. The fourth-order valence-corrected chi connectivity index (χ4v) is 4.37. The number of hydrogen-bond donors (Lipinski definition) is 0. The van der Waals surface area contributed by atoms with E-state index in [4.69, 9.17) is 9.26 Å². The number of amides is 1. The first-order chi connectivity index (χ1) is 14.1. The highest BCUT2D eigenvalue weighted by atomic mass is 16.5. The molecule has 2 fully saturated rings. The minimum atomic E-state index is 0.224. The summed E-state index contributed by atoms with van der Waals surface area (Å²) < 4.78 is 12.8. The van der Waals surface area contributed by atoms with Crippen molar-refractivity contribution in [3.05, 3.63) is 29.2 Å². The molecule has 158 valence electrons. The van der Waals surface area contributed by atoms with Crippen molar-refractivity contribution >= 4 is 5.91 Å². The van der Waals surface area contributed by atoms with Gasteiger partial charge in [-0.25, -0.2) is 0 Å². The Kier molecular flexibility index (Phi) is 6.28. The van der Waals surface area contributed by atoms with Crippen molar-refractivity contribution in [3.63, 3.8) is 0 Å². The number of likely N-dealkylation sites (tertiary alicyclic amines) is 1. The lowest BCUT2D eigenvalue weighted by Crippen LogP contribution is -2.29. The number of hydrogen-bond acceptors (Lipinski definition) is 6. The third-order valence-corrected chi connectivity index (χ3v) is 6.11. The Balaban J connectivity index is 1.20. The van der Waals surface area contributed by atoms with Crippen LogP contribution < -0.4 is 0 Å². The molecule has 0 spiro atoms. The van der Waals surface area contributed by atoms with Crippen LogP contribution in [0, 0.1) is 19.8 Å². The summed E-state index contributed by atoms with van der Waals surface area (Å²) in [6.45, 7) is 7.88. The van der Waals surface area contributed by atoms with Crippen LogP contribution in [-0.2, 0) is 22.5 Å². The van der Waals surface area contributed by atoms with Gasteiger partial charge in [0.05, 0.1) is 5.69 Å². The second kappa shape index (κ2) is 9.07. The number of carbonyl (C=O) groups excluding carboxylic acids is 1. The lowest BCUT2D eigenvalue weighted by Gasteiger charge is -2.18. The number of aryl methyl sites for hydroxylation is 4. The van der Waals surface area contributed by atoms with Crippen LogP contribution >= 0.6 is 0 Å². The predicted molar refractivity (Wildman–Crippen MR) is 106 cm³/mol. The lowest BCUT2D eigenvalue weighted by molar-refractivity contribution is -0.130. The van der Waals surface area contributed by atoms with Crippen LogP contribution in [0.1, 0.15) is 61.1 Å². The van der Waals surface area contributed by atoms with Gasteiger partial charge >= 0.3 is 0 Å². The van der Waals surface area contributed by atoms with Gasteiger partial charge in [-0.2, -0.15) is 10.1 Å². The monoisotopic (exact) mass is 401 g/mol. The summed E-state index contributed by atoms with van der Waals surface area (Å²) in [5, 5.41) is 8.60. The van der Waals surface area contributed by atoms with Gasteiger partial charge in [-0.05, 0) is 51.5 Å². The zero-order valence-electron chi connectivity index (χ0n) is 17.5. The molecule has 0 radical (unpaired) electrons. The molecule has 2 aromatic rings. The van der Waals surface area contributed by atoms with E-state index in [1.165, 1.54) is 0 Å². The first-order valence-electron chi connectivity index (χ1n) is 10.8. The molecule has 0 aliphatic carbocycles. The summed E-state index contributed by atoms with van der Waals surface area (Å²) in [7, 11) is 0. The standard InChI is InChI=1S/C21H31N5O3/c1-15-13-16(2)26(23-15)10-6-20(27)25-9-5-17(14-25)3-4-19-22-21(29-24-19)18-7-11-28-12-8-18/h13,17-18H,3-12,14H2,1-2H3. The average molecular weight is 402 g/mol. The summed E-state index contributed by atoms with van der Waals surface area (Å²) in [6.07, 6.45) is 5.28. The van der Waals surface area contributed by atoms with Crippen LogP contribution in [0.4, 0.5) is 0 Å². The minimum absolute atomic E-state index is 0.224. The van der Waals surface area contributed by atoms with Gasteiger partial charge < -0.3 is 14.2 Å². The lowest BCUT2D eigenvalue weighted by atomic mass is 10.0. The summed E-state index contributed by atoms with van der Waals surface area (Å²) in [5.41, 5.74) is 2.10. The van der Waals surface area contributed by atoms with Gasteiger partial charge in [-0.3, -0.25) is 9.48 Å². The first kappa shape index (κ1) is 20.1. The van der Waals surface area contributed by atoms with Gasteiger partial charge in [0.15, 0.2) is 5.82 Å². The van der Waals surface area contributed by atoms with Crippen molar-refractivity contribution < 1.29 is 14.1 Å². The Morgan fingerprint density at radius 2 is 2.07 bits per heavy atom. The smallest absolute Gasteiger partial charge is 0.229 e. The second-order valence-electron chi connectivity index (χ2n) is 8.37. The third-order valence-electron chi connectivity index (χ3n) is 6.11. The molecule has 8 nitrogen and oxygen atoms in total. The van der Waals surface area contributed by atoms with Crippen molar-refractivity contribution in [1.82, 2.24) is 24.8 Å². The van der Waals surface area contributed by atoms with Gasteiger partial charge in [-0.1, -0.05) is 5.16 Å². The Hall–Kier alpha value is -2.22. The molecule has 2 aliphatic heterocycles. The van der Waals surface area contributed by atoms with Crippen LogP contribution in [0.2, 0.25) is 0 Å². The summed E-state index contributed by atoms with van der Waals surface area (Å²) in [4.78, 5) is 19.2. The molecule has 2 saturated heterocycles. The molecule has 0 aromatic carbocycles. The van der Waals surface area contributed by atoms with Gasteiger partial charge in [0, 0.05) is 57.3 Å². The number of ether oxygens (including phenoxy) is 1.